The molecule has 2 rings (SSSR count). The van der Waals surface area contributed by atoms with E-state index in [4.69, 9.17) is 0 Å². The number of rotatable bonds is 4. The van der Waals surface area contributed by atoms with Gasteiger partial charge in [0.2, 0.25) is 0 Å². The second-order valence-corrected chi connectivity index (χ2v) is 5.19. The van der Waals surface area contributed by atoms with Crippen molar-refractivity contribution >= 4 is 28.4 Å². The lowest BCUT2D eigenvalue weighted by Crippen LogP contribution is -2.33. The Balaban J connectivity index is 2.07. The molecule has 0 amide bonds. The number of hydrogen-bond donors (Lipinski definition) is 0. The Morgan fingerprint density at radius 2 is 2.33 bits per heavy atom. The lowest BCUT2D eigenvalue weighted by Gasteiger charge is -2.32. The molecule has 0 atom stereocenters. The summed E-state index contributed by atoms with van der Waals surface area (Å²) in [4.78, 5) is 10.8. The van der Waals surface area contributed by atoms with E-state index in [0.717, 1.165) is 28.4 Å². The largest absolute Gasteiger partial charge is 0.356 e. The van der Waals surface area contributed by atoms with E-state index >= 15 is 0 Å². The van der Waals surface area contributed by atoms with Crippen molar-refractivity contribution in [3.63, 3.8) is 0 Å². The van der Waals surface area contributed by atoms with Crippen LogP contribution in [-0.4, -0.2) is 23.1 Å². The molecule has 0 spiro atoms. The molecule has 1 aliphatic rings. The maximum absolute atomic E-state index is 4.37. The van der Waals surface area contributed by atoms with E-state index in [1.807, 2.05) is 6.20 Å². The average molecular weight is 317 g/mol. The normalized spacial score (nSPS) is 16.1. The highest BCUT2D eigenvalue weighted by Gasteiger charge is 2.21. The summed E-state index contributed by atoms with van der Waals surface area (Å²) in [6.07, 6.45) is 7.70. The molecule has 82 valence electrons. The van der Waals surface area contributed by atoms with Crippen LogP contribution in [0.1, 0.15) is 26.2 Å². The number of nitrogens with zero attached hydrogens (tertiary/aromatic N) is 3. The molecule has 1 saturated carbocycles. The van der Waals surface area contributed by atoms with Crippen molar-refractivity contribution in [3.8, 4) is 0 Å². The van der Waals surface area contributed by atoms with Crippen LogP contribution in [0.5, 0.6) is 0 Å². The van der Waals surface area contributed by atoms with Gasteiger partial charge in [-0.2, -0.15) is 0 Å². The maximum atomic E-state index is 4.37. The quantitative estimate of drug-likeness (QED) is 0.800. The molecule has 0 unspecified atom stereocenters. The van der Waals surface area contributed by atoms with E-state index in [1.54, 1.807) is 6.33 Å². The Morgan fingerprint density at radius 1 is 1.53 bits per heavy atom. The average Bonchev–Trinajstić information content (AvgIpc) is 2.19. The summed E-state index contributed by atoms with van der Waals surface area (Å²) >= 11 is 2.31. The lowest BCUT2D eigenvalue weighted by atomic mass is 9.85. The van der Waals surface area contributed by atoms with Crippen LogP contribution in [-0.2, 0) is 0 Å². The van der Waals surface area contributed by atoms with Crippen LogP contribution in [0.25, 0.3) is 0 Å². The van der Waals surface area contributed by atoms with E-state index in [9.17, 15) is 0 Å². The summed E-state index contributed by atoms with van der Waals surface area (Å²) in [5, 5.41) is 0. The van der Waals surface area contributed by atoms with Crippen LogP contribution < -0.4 is 4.90 Å². The fraction of sp³-hybridized carbons (Fsp3) is 0.636. The Morgan fingerprint density at radius 3 is 2.87 bits per heavy atom. The zero-order chi connectivity index (χ0) is 10.7. The smallest absolute Gasteiger partial charge is 0.145 e. The Bertz CT molecular complexity index is 325. The minimum absolute atomic E-state index is 0.885. The topological polar surface area (TPSA) is 29.0 Å². The Labute approximate surface area is 104 Å². The van der Waals surface area contributed by atoms with Gasteiger partial charge >= 0.3 is 0 Å². The second-order valence-electron chi connectivity index (χ2n) is 4.03. The number of anilines is 1. The zero-order valence-electron chi connectivity index (χ0n) is 8.99. The number of hydrogen-bond acceptors (Lipinski definition) is 3. The van der Waals surface area contributed by atoms with Gasteiger partial charge in [0.05, 0.1) is 3.57 Å². The molecule has 1 aromatic rings. The summed E-state index contributed by atoms with van der Waals surface area (Å²) in [5.74, 6) is 1.98. The van der Waals surface area contributed by atoms with Gasteiger partial charge in [0.1, 0.15) is 12.1 Å². The molecule has 0 aromatic carbocycles. The predicted molar refractivity (Wildman–Crippen MR) is 70.0 cm³/mol. The van der Waals surface area contributed by atoms with Gasteiger partial charge < -0.3 is 4.90 Å². The highest BCUT2D eigenvalue weighted by molar-refractivity contribution is 14.1. The van der Waals surface area contributed by atoms with E-state index in [-0.39, 0.29) is 0 Å². The molecule has 0 aliphatic heterocycles. The van der Waals surface area contributed by atoms with Crippen LogP contribution in [0.2, 0.25) is 0 Å². The second kappa shape index (κ2) is 5.09. The molecular formula is C11H16IN3. The molecule has 4 heteroatoms. The molecule has 1 heterocycles. The molecule has 1 aromatic heterocycles. The van der Waals surface area contributed by atoms with Crippen molar-refractivity contribution < 1.29 is 0 Å². The molecule has 1 aliphatic carbocycles. The van der Waals surface area contributed by atoms with Crippen LogP contribution in [0.4, 0.5) is 5.82 Å². The summed E-state index contributed by atoms with van der Waals surface area (Å²) in [7, 11) is 0. The SMILES string of the molecule is CCN(CC1CCC1)c1ncncc1I. The monoisotopic (exact) mass is 317 g/mol. The number of halogens is 1. The Hall–Kier alpha value is -0.390. The van der Waals surface area contributed by atoms with Crippen molar-refractivity contribution in [1.82, 2.24) is 9.97 Å². The van der Waals surface area contributed by atoms with Crippen molar-refractivity contribution in [1.29, 1.82) is 0 Å². The van der Waals surface area contributed by atoms with Crippen molar-refractivity contribution in [2.24, 2.45) is 5.92 Å². The highest BCUT2D eigenvalue weighted by atomic mass is 127. The zero-order valence-corrected chi connectivity index (χ0v) is 11.1. The van der Waals surface area contributed by atoms with Crippen molar-refractivity contribution in [2.45, 2.75) is 26.2 Å². The summed E-state index contributed by atoms with van der Waals surface area (Å²) < 4.78 is 1.15. The lowest BCUT2D eigenvalue weighted by molar-refractivity contribution is 0.318. The van der Waals surface area contributed by atoms with Gasteiger partial charge in [-0.05, 0) is 48.3 Å². The number of aromatic nitrogens is 2. The van der Waals surface area contributed by atoms with Gasteiger partial charge in [-0.3, -0.25) is 0 Å². The molecule has 15 heavy (non-hydrogen) atoms. The Kier molecular flexibility index (Phi) is 3.77. The third-order valence-corrected chi connectivity index (χ3v) is 3.79. The molecule has 1 fully saturated rings. The summed E-state index contributed by atoms with van der Waals surface area (Å²) in [6, 6.07) is 0. The molecule has 0 saturated heterocycles. The molecule has 0 N–H and O–H groups in total. The first-order chi connectivity index (χ1) is 7.31. The van der Waals surface area contributed by atoms with Gasteiger partial charge in [-0.25, -0.2) is 9.97 Å². The first-order valence-electron chi connectivity index (χ1n) is 5.51. The minimum atomic E-state index is 0.885. The first kappa shape index (κ1) is 11.1. The first-order valence-corrected chi connectivity index (χ1v) is 6.59. The van der Waals surface area contributed by atoms with E-state index < -0.39 is 0 Å². The third kappa shape index (κ3) is 2.59. The minimum Gasteiger partial charge on any atom is -0.356 e. The molecule has 0 radical (unpaired) electrons. The maximum Gasteiger partial charge on any atom is 0.145 e. The van der Waals surface area contributed by atoms with Gasteiger partial charge in [0.15, 0.2) is 0 Å². The predicted octanol–water partition coefficient (Wildman–Crippen LogP) is 2.71. The summed E-state index contributed by atoms with van der Waals surface area (Å²) in [6.45, 7) is 4.38. The van der Waals surface area contributed by atoms with E-state index in [0.29, 0.717) is 0 Å². The third-order valence-electron chi connectivity index (χ3n) is 3.03. The standard InChI is InChI=1S/C11H16IN3/c1-2-15(7-9-4-3-5-9)11-10(12)6-13-8-14-11/h6,8-9H,2-5,7H2,1H3. The van der Waals surface area contributed by atoms with Crippen LogP contribution in [0.15, 0.2) is 12.5 Å². The fourth-order valence-electron chi connectivity index (χ4n) is 1.89. The van der Waals surface area contributed by atoms with Gasteiger partial charge in [0.25, 0.3) is 0 Å². The highest BCUT2D eigenvalue weighted by Crippen LogP contribution is 2.29. The van der Waals surface area contributed by atoms with Crippen LogP contribution >= 0.6 is 22.6 Å². The van der Waals surface area contributed by atoms with E-state index in [1.165, 1.54) is 19.3 Å². The fourth-order valence-corrected chi connectivity index (χ4v) is 2.53. The van der Waals surface area contributed by atoms with Gasteiger partial charge in [0, 0.05) is 19.3 Å². The van der Waals surface area contributed by atoms with Crippen LogP contribution in [0.3, 0.4) is 0 Å². The van der Waals surface area contributed by atoms with Gasteiger partial charge in [-0.15, -0.1) is 0 Å². The van der Waals surface area contributed by atoms with Crippen molar-refractivity contribution in [2.75, 3.05) is 18.0 Å². The van der Waals surface area contributed by atoms with Crippen LogP contribution in [0, 0.1) is 9.49 Å². The molecular weight excluding hydrogens is 301 g/mol. The molecule has 3 nitrogen and oxygen atoms in total. The molecule has 0 bridgehead atoms. The van der Waals surface area contributed by atoms with E-state index in [2.05, 4.69) is 44.4 Å². The van der Waals surface area contributed by atoms with Crippen molar-refractivity contribution in [3.05, 3.63) is 16.1 Å². The van der Waals surface area contributed by atoms with Gasteiger partial charge in [-0.1, -0.05) is 6.42 Å². The summed E-state index contributed by atoms with van der Waals surface area (Å²) in [5.41, 5.74) is 0.